The van der Waals surface area contributed by atoms with Gasteiger partial charge in [-0.1, -0.05) is 15.9 Å². The predicted octanol–water partition coefficient (Wildman–Crippen LogP) is 3.48. The Labute approximate surface area is 96.5 Å². The molecule has 0 amide bonds. The summed E-state index contributed by atoms with van der Waals surface area (Å²) in [4.78, 5) is 13.1. The maximum absolute atomic E-state index is 12.5. The Morgan fingerprint density at radius 1 is 1.67 bits per heavy atom. The smallest absolute Gasteiger partial charge is 0.358 e. The lowest BCUT2D eigenvalue weighted by molar-refractivity contribution is -0.390. The SMILES string of the molecule is O=[N+]([O-])c1nc(Cl)cc(C(F)F)c1CBr. The molecule has 8 heteroatoms. The van der Waals surface area contributed by atoms with Crippen molar-refractivity contribution in [2.45, 2.75) is 11.8 Å². The maximum Gasteiger partial charge on any atom is 0.369 e. The standard InChI is InChI=1S/C7H4BrClF2N2O2/c8-2-4-3(6(10)11)1-5(9)12-7(4)13(14)15/h1,6H,2H2. The van der Waals surface area contributed by atoms with E-state index in [9.17, 15) is 18.9 Å². The monoisotopic (exact) mass is 300 g/mol. The summed E-state index contributed by atoms with van der Waals surface area (Å²) < 4.78 is 25.0. The third-order valence-electron chi connectivity index (χ3n) is 1.65. The normalized spacial score (nSPS) is 10.7. The minimum atomic E-state index is -2.82. The molecule has 0 aliphatic carbocycles. The lowest BCUT2D eigenvalue weighted by Crippen LogP contribution is -2.02. The summed E-state index contributed by atoms with van der Waals surface area (Å²) in [5.41, 5.74) is -0.627. The Kier molecular flexibility index (Phi) is 3.92. The van der Waals surface area contributed by atoms with Gasteiger partial charge in [0.05, 0.1) is 5.56 Å². The lowest BCUT2D eigenvalue weighted by Gasteiger charge is -2.05. The second-order valence-corrected chi connectivity index (χ2v) is 3.48. The molecular weight excluding hydrogens is 297 g/mol. The highest BCUT2D eigenvalue weighted by Crippen LogP contribution is 2.32. The van der Waals surface area contributed by atoms with Gasteiger partial charge < -0.3 is 10.1 Å². The van der Waals surface area contributed by atoms with Gasteiger partial charge in [0.15, 0.2) is 0 Å². The highest BCUT2D eigenvalue weighted by Gasteiger charge is 2.25. The Hall–Kier alpha value is -0.820. The van der Waals surface area contributed by atoms with E-state index in [1.54, 1.807) is 0 Å². The van der Waals surface area contributed by atoms with Crippen molar-refractivity contribution in [3.05, 3.63) is 32.5 Å². The Bertz CT molecular complexity index is 403. The van der Waals surface area contributed by atoms with Gasteiger partial charge in [-0.05, 0) is 21.5 Å². The molecule has 0 bridgehead atoms. The summed E-state index contributed by atoms with van der Waals surface area (Å²) in [7, 11) is 0. The molecule has 0 N–H and O–H groups in total. The number of hydrogen-bond donors (Lipinski definition) is 0. The Morgan fingerprint density at radius 2 is 2.27 bits per heavy atom. The topological polar surface area (TPSA) is 56.0 Å². The molecule has 0 radical (unpaired) electrons. The van der Waals surface area contributed by atoms with Crippen molar-refractivity contribution in [1.29, 1.82) is 0 Å². The summed E-state index contributed by atoms with van der Waals surface area (Å²) in [6.45, 7) is 0. The zero-order valence-corrected chi connectivity index (χ0v) is 9.43. The lowest BCUT2D eigenvalue weighted by atomic mass is 10.1. The zero-order valence-electron chi connectivity index (χ0n) is 7.08. The summed E-state index contributed by atoms with van der Waals surface area (Å²) in [6, 6.07) is 0.926. The summed E-state index contributed by atoms with van der Waals surface area (Å²) >= 11 is 8.30. The van der Waals surface area contributed by atoms with E-state index in [0.29, 0.717) is 0 Å². The van der Waals surface area contributed by atoms with Gasteiger partial charge in [-0.15, -0.1) is 0 Å². The van der Waals surface area contributed by atoms with Crippen LogP contribution in [0.3, 0.4) is 0 Å². The number of nitro groups is 1. The molecule has 0 aliphatic rings. The molecule has 1 rings (SSSR count). The fourth-order valence-electron chi connectivity index (χ4n) is 1.03. The highest BCUT2D eigenvalue weighted by atomic mass is 79.9. The van der Waals surface area contributed by atoms with Gasteiger partial charge in [0.1, 0.15) is 0 Å². The minimum Gasteiger partial charge on any atom is -0.358 e. The summed E-state index contributed by atoms with van der Waals surface area (Å²) in [5.74, 6) is -0.644. The van der Waals surface area contributed by atoms with Crippen molar-refractivity contribution in [1.82, 2.24) is 4.98 Å². The molecule has 1 heterocycles. The van der Waals surface area contributed by atoms with Crippen LogP contribution in [0.2, 0.25) is 5.15 Å². The molecule has 82 valence electrons. The average molecular weight is 301 g/mol. The van der Waals surface area contributed by atoms with Crippen LogP contribution in [-0.2, 0) is 5.33 Å². The second kappa shape index (κ2) is 4.80. The van der Waals surface area contributed by atoms with Gasteiger partial charge in [0.2, 0.25) is 5.15 Å². The molecule has 1 aromatic heterocycles. The molecule has 0 spiro atoms. The number of nitrogens with zero attached hydrogens (tertiary/aromatic N) is 2. The first kappa shape index (κ1) is 12.3. The van der Waals surface area contributed by atoms with Gasteiger partial charge in [-0.2, -0.15) is 0 Å². The Morgan fingerprint density at radius 3 is 2.67 bits per heavy atom. The third kappa shape index (κ3) is 2.60. The fourth-order valence-corrected chi connectivity index (χ4v) is 1.80. The fraction of sp³-hybridized carbons (Fsp3) is 0.286. The van der Waals surface area contributed by atoms with Gasteiger partial charge in [0, 0.05) is 17.0 Å². The van der Waals surface area contributed by atoms with Crippen LogP contribution in [-0.4, -0.2) is 9.91 Å². The van der Waals surface area contributed by atoms with Gasteiger partial charge in [-0.3, -0.25) is 0 Å². The Balaban J connectivity index is 3.45. The molecule has 0 fully saturated rings. The molecule has 0 aromatic carbocycles. The van der Waals surface area contributed by atoms with Crippen LogP contribution in [0.1, 0.15) is 17.6 Å². The second-order valence-electron chi connectivity index (χ2n) is 2.53. The average Bonchev–Trinajstić information content (AvgIpc) is 2.16. The van der Waals surface area contributed by atoms with Crippen molar-refractivity contribution in [3.63, 3.8) is 0 Å². The molecular formula is C7H4BrClF2N2O2. The van der Waals surface area contributed by atoms with Crippen molar-refractivity contribution in [3.8, 4) is 0 Å². The molecule has 0 saturated carbocycles. The summed E-state index contributed by atoms with van der Waals surface area (Å²) in [6.07, 6.45) is -2.82. The molecule has 0 aliphatic heterocycles. The van der Waals surface area contributed by atoms with E-state index >= 15 is 0 Å². The van der Waals surface area contributed by atoms with Crippen LogP contribution >= 0.6 is 27.5 Å². The van der Waals surface area contributed by atoms with Crippen LogP contribution < -0.4 is 0 Å². The van der Waals surface area contributed by atoms with Gasteiger partial charge in [0.25, 0.3) is 6.43 Å². The van der Waals surface area contributed by atoms with Gasteiger partial charge in [-0.25, -0.2) is 8.78 Å². The highest BCUT2D eigenvalue weighted by molar-refractivity contribution is 9.08. The van der Waals surface area contributed by atoms with Crippen LogP contribution in [0.15, 0.2) is 6.07 Å². The molecule has 0 atom stereocenters. The number of halogens is 4. The van der Waals surface area contributed by atoms with E-state index in [-0.39, 0.29) is 16.0 Å². The first-order valence-corrected chi connectivity index (χ1v) is 5.15. The third-order valence-corrected chi connectivity index (χ3v) is 2.40. The van der Waals surface area contributed by atoms with E-state index in [1.807, 2.05) is 0 Å². The maximum atomic E-state index is 12.5. The van der Waals surface area contributed by atoms with E-state index in [0.717, 1.165) is 6.07 Å². The molecule has 15 heavy (non-hydrogen) atoms. The van der Waals surface area contributed by atoms with Crippen LogP contribution in [0.5, 0.6) is 0 Å². The quantitative estimate of drug-likeness (QED) is 0.372. The van der Waals surface area contributed by atoms with Crippen molar-refractivity contribution >= 4 is 33.3 Å². The molecule has 4 nitrogen and oxygen atoms in total. The van der Waals surface area contributed by atoms with E-state index in [2.05, 4.69) is 20.9 Å². The largest absolute Gasteiger partial charge is 0.369 e. The zero-order chi connectivity index (χ0) is 11.6. The minimum absolute atomic E-state index is 0.0762. The number of alkyl halides is 3. The molecule has 0 saturated heterocycles. The first-order chi connectivity index (χ1) is 6.97. The van der Waals surface area contributed by atoms with E-state index in [4.69, 9.17) is 11.6 Å². The van der Waals surface area contributed by atoms with Gasteiger partial charge >= 0.3 is 5.82 Å². The first-order valence-electron chi connectivity index (χ1n) is 3.65. The van der Waals surface area contributed by atoms with Crippen molar-refractivity contribution in [2.24, 2.45) is 0 Å². The number of pyridine rings is 1. The number of hydrogen-bond acceptors (Lipinski definition) is 3. The number of rotatable bonds is 3. The van der Waals surface area contributed by atoms with Crippen molar-refractivity contribution < 1.29 is 13.7 Å². The van der Waals surface area contributed by atoms with Crippen LogP contribution in [0, 0.1) is 10.1 Å². The van der Waals surface area contributed by atoms with Crippen molar-refractivity contribution in [2.75, 3.05) is 0 Å². The molecule has 1 aromatic rings. The van der Waals surface area contributed by atoms with E-state index in [1.165, 1.54) is 0 Å². The summed E-state index contributed by atoms with van der Waals surface area (Å²) in [5, 5.41) is 10.1. The van der Waals surface area contributed by atoms with Crippen LogP contribution in [0.25, 0.3) is 0 Å². The molecule has 0 unspecified atom stereocenters. The van der Waals surface area contributed by atoms with Crippen LogP contribution in [0.4, 0.5) is 14.6 Å². The number of aromatic nitrogens is 1. The predicted molar refractivity (Wildman–Crippen MR) is 53.5 cm³/mol. The van der Waals surface area contributed by atoms with E-state index < -0.39 is 22.7 Å².